The van der Waals surface area contributed by atoms with Gasteiger partial charge in [-0.15, -0.1) is 24.8 Å². The molecule has 5 N–H and O–H groups in total. The van der Waals surface area contributed by atoms with Gasteiger partial charge in [0.05, 0.1) is 28.9 Å². The van der Waals surface area contributed by atoms with Crippen molar-refractivity contribution in [3.63, 3.8) is 0 Å². The third-order valence-electron chi connectivity index (χ3n) is 3.16. The van der Waals surface area contributed by atoms with Crippen LogP contribution in [0.1, 0.15) is 0 Å². The molecule has 24 heavy (non-hydrogen) atoms. The normalized spacial score (nSPS) is 9.33. The maximum absolute atomic E-state index is 6.09. The number of nitrogen functional groups attached to an aromatic ring is 2. The minimum atomic E-state index is 0. The lowest BCUT2D eigenvalue weighted by Gasteiger charge is -2.26. The van der Waals surface area contributed by atoms with Gasteiger partial charge in [-0.1, -0.05) is 36.4 Å². The lowest BCUT2D eigenvalue weighted by molar-refractivity contribution is 1.10. The molecule has 2 aromatic carbocycles. The monoisotopic (exact) mass is 363 g/mol. The van der Waals surface area contributed by atoms with Gasteiger partial charge in [-0.05, 0) is 30.3 Å². The molecule has 5 nitrogen and oxygen atoms in total. The number of hydrazine groups is 1. The molecule has 0 amide bonds. The number of nitrogens with two attached hydrogens (primary N) is 2. The Balaban J connectivity index is 0.00000144. The lowest BCUT2D eigenvalue weighted by atomic mass is 10.3. The van der Waals surface area contributed by atoms with E-state index in [0.29, 0.717) is 17.2 Å². The Bertz CT molecular complexity index is 753. The fraction of sp³-hybridized carbons (Fsp3) is 0. The fourth-order valence-electron chi connectivity index (χ4n) is 2.14. The molecule has 0 aliphatic carbocycles. The standard InChI is InChI=1S/C17H17N5.2ClH/c18-13-11-16(19)17(20-12-13)22(15-9-5-2-6-10-15)21-14-7-3-1-4-8-14;;/h1-12,21H,18-19H2;2*1H. The number of anilines is 5. The maximum atomic E-state index is 6.09. The smallest absolute Gasteiger partial charge is 0.175 e. The van der Waals surface area contributed by atoms with Gasteiger partial charge in [0.15, 0.2) is 5.82 Å². The van der Waals surface area contributed by atoms with Crippen molar-refractivity contribution < 1.29 is 0 Å². The summed E-state index contributed by atoms with van der Waals surface area (Å²) in [4.78, 5) is 4.36. The zero-order valence-electron chi connectivity index (χ0n) is 12.8. The number of para-hydroxylation sites is 2. The highest BCUT2D eigenvalue weighted by atomic mass is 35.5. The highest BCUT2D eigenvalue weighted by Gasteiger charge is 2.14. The van der Waals surface area contributed by atoms with E-state index >= 15 is 0 Å². The van der Waals surface area contributed by atoms with Crippen molar-refractivity contribution in [1.29, 1.82) is 0 Å². The van der Waals surface area contributed by atoms with Gasteiger partial charge in [0.2, 0.25) is 0 Å². The Hall–Kier alpha value is -2.63. The predicted octanol–water partition coefficient (Wildman–Crippen LogP) is 4.25. The molecule has 3 aromatic rings. The zero-order valence-corrected chi connectivity index (χ0v) is 14.4. The highest BCUT2D eigenvalue weighted by Crippen LogP contribution is 2.29. The SMILES string of the molecule is Cl.Cl.Nc1cnc(N(Nc2ccccc2)c2ccccc2)c(N)c1. The summed E-state index contributed by atoms with van der Waals surface area (Å²) < 4.78 is 0. The van der Waals surface area contributed by atoms with Crippen molar-refractivity contribution in [2.45, 2.75) is 0 Å². The molecule has 0 aliphatic heterocycles. The van der Waals surface area contributed by atoms with Gasteiger partial charge < -0.3 is 11.5 Å². The summed E-state index contributed by atoms with van der Waals surface area (Å²) in [6.07, 6.45) is 1.59. The second-order valence-corrected chi connectivity index (χ2v) is 4.83. The summed E-state index contributed by atoms with van der Waals surface area (Å²) in [6.45, 7) is 0. The highest BCUT2D eigenvalue weighted by molar-refractivity contribution is 5.85. The first-order chi connectivity index (χ1) is 10.7. The lowest BCUT2D eigenvalue weighted by Crippen LogP contribution is -2.26. The summed E-state index contributed by atoms with van der Waals surface area (Å²) in [5.41, 5.74) is 18.1. The van der Waals surface area contributed by atoms with E-state index in [9.17, 15) is 0 Å². The third kappa shape index (κ3) is 4.44. The number of aromatic nitrogens is 1. The quantitative estimate of drug-likeness (QED) is 0.603. The molecule has 0 radical (unpaired) electrons. The Morgan fingerprint density at radius 1 is 0.833 bits per heavy atom. The average Bonchev–Trinajstić information content (AvgIpc) is 2.55. The minimum Gasteiger partial charge on any atom is -0.397 e. The molecule has 0 fully saturated rings. The summed E-state index contributed by atoms with van der Waals surface area (Å²) in [7, 11) is 0. The van der Waals surface area contributed by atoms with E-state index in [4.69, 9.17) is 11.5 Å². The molecule has 1 heterocycles. The largest absolute Gasteiger partial charge is 0.397 e. The zero-order chi connectivity index (χ0) is 15.4. The van der Waals surface area contributed by atoms with Crippen molar-refractivity contribution in [2.75, 3.05) is 21.9 Å². The van der Waals surface area contributed by atoms with E-state index in [1.54, 1.807) is 12.3 Å². The molecule has 0 saturated carbocycles. The number of hydrogen-bond acceptors (Lipinski definition) is 5. The van der Waals surface area contributed by atoms with Gasteiger partial charge in [0.1, 0.15) is 0 Å². The van der Waals surface area contributed by atoms with Crippen molar-refractivity contribution in [2.24, 2.45) is 0 Å². The van der Waals surface area contributed by atoms with E-state index in [1.807, 2.05) is 65.7 Å². The molecule has 0 unspecified atom stereocenters. The second-order valence-electron chi connectivity index (χ2n) is 4.83. The molecule has 0 aliphatic rings. The minimum absolute atomic E-state index is 0. The number of halogens is 2. The maximum Gasteiger partial charge on any atom is 0.175 e. The van der Waals surface area contributed by atoms with Crippen LogP contribution in [0.4, 0.5) is 28.6 Å². The molecule has 126 valence electrons. The number of pyridine rings is 1. The summed E-state index contributed by atoms with van der Waals surface area (Å²) in [6, 6.07) is 21.4. The van der Waals surface area contributed by atoms with E-state index in [2.05, 4.69) is 10.4 Å². The van der Waals surface area contributed by atoms with Crippen LogP contribution in [-0.2, 0) is 0 Å². The summed E-state index contributed by atoms with van der Waals surface area (Å²) >= 11 is 0. The van der Waals surface area contributed by atoms with E-state index in [1.165, 1.54) is 0 Å². The van der Waals surface area contributed by atoms with Gasteiger partial charge in [0, 0.05) is 0 Å². The van der Waals surface area contributed by atoms with Crippen LogP contribution in [-0.4, -0.2) is 4.98 Å². The molecule has 0 atom stereocenters. The molecule has 0 spiro atoms. The molecular formula is C17H19Cl2N5. The predicted molar refractivity (Wildman–Crippen MR) is 106 cm³/mol. The number of hydrogen-bond donors (Lipinski definition) is 3. The van der Waals surface area contributed by atoms with Crippen LogP contribution in [0.5, 0.6) is 0 Å². The molecule has 0 saturated heterocycles. The topological polar surface area (TPSA) is 80.2 Å². The molecule has 1 aromatic heterocycles. The summed E-state index contributed by atoms with van der Waals surface area (Å²) in [5, 5.41) is 1.84. The third-order valence-corrected chi connectivity index (χ3v) is 3.16. The Morgan fingerprint density at radius 2 is 1.42 bits per heavy atom. The Morgan fingerprint density at radius 3 is 2.00 bits per heavy atom. The first-order valence-electron chi connectivity index (χ1n) is 6.92. The molecular weight excluding hydrogens is 345 g/mol. The van der Waals surface area contributed by atoms with E-state index in [0.717, 1.165) is 11.4 Å². The number of nitrogens with zero attached hydrogens (tertiary/aromatic N) is 2. The van der Waals surface area contributed by atoms with Crippen LogP contribution in [0.3, 0.4) is 0 Å². The first-order valence-corrected chi connectivity index (χ1v) is 6.92. The van der Waals surface area contributed by atoms with Crippen LogP contribution in [0, 0.1) is 0 Å². The van der Waals surface area contributed by atoms with Gasteiger partial charge in [-0.2, -0.15) is 0 Å². The van der Waals surface area contributed by atoms with Crippen molar-refractivity contribution in [1.82, 2.24) is 4.98 Å². The van der Waals surface area contributed by atoms with Crippen LogP contribution in [0.25, 0.3) is 0 Å². The van der Waals surface area contributed by atoms with Crippen LogP contribution in [0.15, 0.2) is 72.9 Å². The number of nitrogens with one attached hydrogen (secondary N) is 1. The van der Waals surface area contributed by atoms with Crippen LogP contribution >= 0.6 is 24.8 Å². The Kier molecular flexibility index (Phi) is 7.17. The van der Waals surface area contributed by atoms with Crippen molar-refractivity contribution >= 4 is 53.4 Å². The van der Waals surface area contributed by atoms with Crippen LogP contribution < -0.4 is 21.9 Å². The van der Waals surface area contributed by atoms with Crippen molar-refractivity contribution in [3.05, 3.63) is 72.9 Å². The van der Waals surface area contributed by atoms with E-state index < -0.39 is 0 Å². The van der Waals surface area contributed by atoms with Gasteiger partial charge in [-0.25, -0.2) is 9.99 Å². The number of benzene rings is 2. The van der Waals surface area contributed by atoms with Crippen molar-refractivity contribution in [3.8, 4) is 0 Å². The van der Waals surface area contributed by atoms with Crippen LogP contribution in [0.2, 0.25) is 0 Å². The molecule has 7 heteroatoms. The van der Waals surface area contributed by atoms with Gasteiger partial charge in [-0.3, -0.25) is 5.43 Å². The molecule has 3 rings (SSSR count). The van der Waals surface area contributed by atoms with Gasteiger partial charge >= 0.3 is 0 Å². The van der Waals surface area contributed by atoms with Gasteiger partial charge in [0.25, 0.3) is 0 Å². The average molecular weight is 364 g/mol. The second kappa shape index (κ2) is 8.86. The fourth-order valence-corrected chi connectivity index (χ4v) is 2.14. The first kappa shape index (κ1) is 19.4. The number of rotatable bonds is 4. The summed E-state index contributed by atoms with van der Waals surface area (Å²) in [5.74, 6) is 0.601. The Labute approximate surface area is 153 Å². The van der Waals surface area contributed by atoms with E-state index in [-0.39, 0.29) is 24.8 Å². The molecule has 0 bridgehead atoms.